The second-order valence-corrected chi connectivity index (χ2v) is 5.40. The summed E-state index contributed by atoms with van der Waals surface area (Å²) in [6, 6.07) is 9.17. The summed E-state index contributed by atoms with van der Waals surface area (Å²) in [4.78, 5) is 0. The van der Waals surface area contributed by atoms with E-state index in [-0.39, 0.29) is 0 Å². The minimum absolute atomic E-state index is 0.629. The summed E-state index contributed by atoms with van der Waals surface area (Å²) in [5.74, 6) is 0.779. The second-order valence-electron chi connectivity index (χ2n) is 5.40. The summed E-state index contributed by atoms with van der Waals surface area (Å²) in [5.41, 5.74) is 2.43. The van der Waals surface area contributed by atoms with Gasteiger partial charge in [-0.3, -0.25) is 0 Å². The number of methoxy groups -OCH3 is 1. The van der Waals surface area contributed by atoms with Gasteiger partial charge in [-0.05, 0) is 36.5 Å². The lowest BCUT2D eigenvalue weighted by Crippen LogP contribution is -2.21. The molecular weight excluding hydrogens is 238 g/mol. The van der Waals surface area contributed by atoms with E-state index >= 15 is 0 Å². The summed E-state index contributed by atoms with van der Waals surface area (Å²) in [7, 11) is 1.69. The van der Waals surface area contributed by atoms with Crippen molar-refractivity contribution in [2.75, 3.05) is 25.6 Å². The first-order chi connectivity index (χ1) is 9.29. The maximum absolute atomic E-state index is 5.55. The number of anilines is 1. The smallest absolute Gasteiger partial charge is 0.0718 e. The number of benzene rings is 1. The van der Waals surface area contributed by atoms with Gasteiger partial charge in [0.25, 0.3) is 0 Å². The van der Waals surface area contributed by atoms with Crippen LogP contribution in [0.1, 0.15) is 31.7 Å². The second kappa shape index (κ2) is 7.51. The van der Waals surface area contributed by atoms with Gasteiger partial charge in [0, 0.05) is 18.8 Å². The van der Waals surface area contributed by atoms with Crippen LogP contribution in [0.3, 0.4) is 0 Å². The van der Waals surface area contributed by atoms with Crippen molar-refractivity contribution in [3.8, 4) is 0 Å². The van der Waals surface area contributed by atoms with Crippen molar-refractivity contribution in [3.05, 3.63) is 29.8 Å². The topological polar surface area (TPSA) is 30.5 Å². The summed E-state index contributed by atoms with van der Waals surface area (Å²) < 4.78 is 10.5. The van der Waals surface area contributed by atoms with E-state index < -0.39 is 0 Å². The van der Waals surface area contributed by atoms with E-state index in [4.69, 9.17) is 9.47 Å². The van der Waals surface area contributed by atoms with Crippen LogP contribution >= 0.6 is 0 Å². The molecule has 1 fully saturated rings. The molecule has 0 saturated heterocycles. The third-order valence-corrected chi connectivity index (χ3v) is 3.84. The van der Waals surface area contributed by atoms with Crippen LogP contribution in [0, 0.1) is 5.92 Å². The van der Waals surface area contributed by atoms with Crippen LogP contribution in [-0.2, 0) is 16.1 Å². The van der Waals surface area contributed by atoms with E-state index in [0.29, 0.717) is 25.9 Å². The van der Waals surface area contributed by atoms with E-state index in [1.54, 1.807) is 7.11 Å². The molecule has 1 aliphatic carbocycles. The van der Waals surface area contributed by atoms with Crippen molar-refractivity contribution in [2.24, 2.45) is 5.92 Å². The lowest BCUT2D eigenvalue weighted by atomic mass is 10.1. The Morgan fingerprint density at radius 3 is 2.89 bits per heavy atom. The molecule has 0 aliphatic heterocycles. The molecule has 3 heteroatoms. The molecule has 1 aromatic rings. The fraction of sp³-hybridized carbons (Fsp3) is 0.625. The van der Waals surface area contributed by atoms with Crippen LogP contribution in [0.4, 0.5) is 5.69 Å². The third kappa shape index (κ3) is 4.51. The van der Waals surface area contributed by atoms with Crippen molar-refractivity contribution < 1.29 is 9.47 Å². The summed E-state index contributed by atoms with van der Waals surface area (Å²) >= 11 is 0. The Labute approximate surface area is 116 Å². The van der Waals surface area contributed by atoms with E-state index in [1.807, 2.05) is 0 Å². The number of hydrogen-bond acceptors (Lipinski definition) is 3. The van der Waals surface area contributed by atoms with Crippen molar-refractivity contribution >= 4 is 5.69 Å². The molecule has 0 amide bonds. The first-order valence-corrected chi connectivity index (χ1v) is 7.22. The fourth-order valence-electron chi connectivity index (χ4n) is 2.66. The predicted molar refractivity (Wildman–Crippen MR) is 78.4 cm³/mol. The Morgan fingerprint density at radius 2 is 2.16 bits per heavy atom. The van der Waals surface area contributed by atoms with Crippen LogP contribution < -0.4 is 5.32 Å². The van der Waals surface area contributed by atoms with Crippen LogP contribution in [0.2, 0.25) is 0 Å². The van der Waals surface area contributed by atoms with Gasteiger partial charge in [-0.25, -0.2) is 0 Å². The van der Waals surface area contributed by atoms with E-state index in [9.17, 15) is 0 Å². The summed E-state index contributed by atoms with van der Waals surface area (Å²) in [5, 5.41) is 3.65. The molecule has 1 N–H and O–H groups in total. The maximum atomic E-state index is 5.55. The minimum atomic E-state index is 0.629. The highest BCUT2D eigenvalue weighted by Crippen LogP contribution is 2.28. The van der Waals surface area contributed by atoms with Gasteiger partial charge < -0.3 is 14.8 Å². The molecule has 1 aliphatic rings. The van der Waals surface area contributed by atoms with Gasteiger partial charge in [-0.2, -0.15) is 0 Å². The highest BCUT2D eigenvalue weighted by atomic mass is 16.5. The van der Waals surface area contributed by atoms with Crippen molar-refractivity contribution in [2.45, 2.75) is 38.8 Å². The Hall–Kier alpha value is -1.06. The van der Waals surface area contributed by atoms with Gasteiger partial charge in [0.1, 0.15) is 0 Å². The first-order valence-electron chi connectivity index (χ1n) is 7.22. The van der Waals surface area contributed by atoms with Gasteiger partial charge >= 0.3 is 0 Å². The number of nitrogens with one attached hydrogen (secondary N) is 1. The zero-order chi connectivity index (χ0) is 13.5. The summed E-state index contributed by atoms with van der Waals surface area (Å²) in [6.45, 7) is 4.28. The van der Waals surface area contributed by atoms with Gasteiger partial charge in [0.05, 0.1) is 19.8 Å². The zero-order valence-corrected chi connectivity index (χ0v) is 12.0. The van der Waals surface area contributed by atoms with Crippen molar-refractivity contribution in [1.82, 2.24) is 0 Å². The number of hydrogen-bond donors (Lipinski definition) is 1. The van der Waals surface area contributed by atoms with E-state index in [1.165, 1.54) is 30.5 Å². The monoisotopic (exact) mass is 263 g/mol. The van der Waals surface area contributed by atoms with Crippen LogP contribution in [-0.4, -0.2) is 26.4 Å². The third-order valence-electron chi connectivity index (χ3n) is 3.84. The summed E-state index contributed by atoms with van der Waals surface area (Å²) in [6.07, 6.45) is 3.98. The average Bonchev–Trinajstić information content (AvgIpc) is 2.81. The molecule has 2 unspecified atom stereocenters. The molecule has 0 bridgehead atoms. The molecule has 0 spiro atoms. The molecule has 0 radical (unpaired) electrons. The van der Waals surface area contributed by atoms with Gasteiger partial charge in [-0.1, -0.05) is 25.5 Å². The van der Waals surface area contributed by atoms with Crippen molar-refractivity contribution in [3.63, 3.8) is 0 Å². The Balaban J connectivity index is 1.84. The van der Waals surface area contributed by atoms with Gasteiger partial charge in [0.15, 0.2) is 0 Å². The molecule has 19 heavy (non-hydrogen) atoms. The quantitative estimate of drug-likeness (QED) is 0.764. The molecule has 1 aromatic carbocycles. The Kier molecular flexibility index (Phi) is 5.67. The SMILES string of the molecule is COCCOCc1cccc(NC2CCCC2C)c1. The lowest BCUT2D eigenvalue weighted by molar-refractivity contribution is 0.0617. The van der Waals surface area contributed by atoms with Crippen LogP contribution in [0.25, 0.3) is 0 Å². The van der Waals surface area contributed by atoms with Gasteiger partial charge in [-0.15, -0.1) is 0 Å². The largest absolute Gasteiger partial charge is 0.382 e. The van der Waals surface area contributed by atoms with Gasteiger partial charge in [0.2, 0.25) is 0 Å². The zero-order valence-electron chi connectivity index (χ0n) is 12.0. The maximum Gasteiger partial charge on any atom is 0.0718 e. The van der Waals surface area contributed by atoms with E-state index in [0.717, 1.165) is 5.92 Å². The molecule has 106 valence electrons. The Morgan fingerprint density at radius 1 is 1.26 bits per heavy atom. The Bertz CT molecular complexity index is 381. The normalized spacial score (nSPS) is 22.6. The standard InChI is InChI=1S/C16H25NO2/c1-13-5-3-8-16(13)17-15-7-4-6-14(11-15)12-19-10-9-18-2/h4,6-7,11,13,16-17H,3,5,8-10,12H2,1-2H3. The van der Waals surface area contributed by atoms with Crippen molar-refractivity contribution in [1.29, 1.82) is 0 Å². The van der Waals surface area contributed by atoms with E-state index in [2.05, 4.69) is 36.5 Å². The number of rotatable bonds is 7. The molecule has 2 atom stereocenters. The lowest BCUT2D eigenvalue weighted by Gasteiger charge is -2.19. The minimum Gasteiger partial charge on any atom is -0.382 e. The molecule has 1 saturated carbocycles. The molecule has 0 aromatic heterocycles. The highest BCUT2D eigenvalue weighted by Gasteiger charge is 2.22. The van der Waals surface area contributed by atoms with Crippen LogP contribution in [0.15, 0.2) is 24.3 Å². The molecule has 0 heterocycles. The predicted octanol–water partition coefficient (Wildman–Crippen LogP) is 3.45. The molecule has 2 rings (SSSR count). The fourth-order valence-corrected chi connectivity index (χ4v) is 2.66. The molecular formula is C16H25NO2. The molecule has 3 nitrogen and oxygen atoms in total. The first kappa shape index (κ1) is 14.4. The number of ether oxygens (including phenoxy) is 2. The highest BCUT2D eigenvalue weighted by molar-refractivity contribution is 5.46. The van der Waals surface area contributed by atoms with Crippen LogP contribution in [0.5, 0.6) is 0 Å². The average molecular weight is 263 g/mol.